The van der Waals surface area contributed by atoms with E-state index in [1.165, 1.54) is 30.1 Å². The van der Waals surface area contributed by atoms with Gasteiger partial charge in [0.05, 0.1) is 12.1 Å². The molecule has 0 aliphatic heterocycles. The number of ether oxygens (including phenoxy) is 1. The van der Waals surface area contributed by atoms with Crippen LogP contribution in [0.25, 0.3) is 11.0 Å². The van der Waals surface area contributed by atoms with Gasteiger partial charge in [0.25, 0.3) is 0 Å². The summed E-state index contributed by atoms with van der Waals surface area (Å²) in [4.78, 5) is 24.1. The van der Waals surface area contributed by atoms with Crippen LogP contribution in [-0.4, -0.2) is 32.7 Å². The minimum Gasteiger partial charge on any atom is -0.452 e. The molecule has 0 aromatic carbocycles. The summed E-state index contributed by atoms with van der Waals surface area (Å²) < 4.78 is 44.0. The van der Waals surface area contributed by atoms with Crippen molar-refractivity contribution in [2.45, 2.75) is 19.1 Å². The number of methoxy groups -OCH3 is 1. The van der Waals surface area contributed by atoms with Gasteiger partial charge in [-0.05, 0) is 34.9 Å². The van der Waals surface area contributed by atoms with Gasteiger partial charge in [-0.15, -0.1) is 0 Å². The van der Waals surface area contributed by atoms with E-state index in [2.05, 4.69) is 20.3 Å². The van der Waals surface area contributed by atoms with Gasteiger partial charge in [0.2, 0.25) is 0 Å². The molecule has 0 bridgehead atoms. The molecule has 0 aliphatic carbocycles. The molecule has 0 spiro atoms. The van der Waals surface area contributed by atoms with Gasteiger partial charge in [-0.1, -0.05) is 23.7 Å². The van der Waals surface area contributed by atoms with Crippen LogP contribution < -0.4 is 5.32 Å². The molecule has 0 fully saturated rings. The van der Waals surface area contributed by atoms with E-state index >= 15 is 0 Å². The number of halogens is 4. The van der Waals surface area contributed by atoms with Crippen LogP contribution in [0.1, 0.15) is 22.4 Å². The maximum atomic E-state index is 12.6. The van der Waals surface area contributed by atoms with E-state index in [4.69, 9.17) is 16.3 Å². The highest BCUT2D eigenvalue weighted by Crippen LogP contribution is 2.27. The Kier molecular flexibility index (Phi) is 6.19. The number of nitrogens with zero attached hydrogens (tertiary/aromatic N) is 4. The monoisotopic (exact) mass is 475 g/mol. The van der Waals surface area contributed by atoms with Gasteiger partial charge < -0.3 is 10.1 Å². The Labute approximate surface area is 191 Å². The molecule has 0 amide bonds. The molecule has 4 rings (SSSR count). The van der Waals surface area contributed by atoms with Gasteiger partial charge >= 0.3 is 12.3 Å². The Balaban J connectivity index is 1.46. The largest absolute Gasteiger partial charge is 0.452 e. The third-order valence-electron chi connectivity index (χ3n) is 4.87. The molecule has 0 unspecified atom stereocenters. The smallest absolute Gasteiger partial charge is 0.433 e. The molecule has 0 saturated carbocycles. The molecule has 11 heteroatoms. The molecule has 1 N–H and O–H groups in total. The number of rotatable bonds is 5. The summed E-state index contributed by atoms with van der Waals surface area (Å²) >= 11 is 6.08. The van der Waals surface area contributed by atoms with Gasteiger partial charge in [-0.3, -0.25) is 4.98 Å². The average molecular weight is 476 g/mol. The third kappa shape index (κ3) is 5.06. The zero-order valence-corrected chi connectivity index (χ0v) is 18.0. The number of aromatic nitrogens is 4. The van der Waals surface area contributed by atoms with E-state index in [9.17, 15) is 18.0 Å². The number of alkyl halides is 3. The number of hydrogen-bond acceptors (Lipinski definition) is 6. The molecule has 4 heterocycles. The van der Waals surface area contributed by atoms with Gasteiger partial charge in [0.1, 0.15) is 17.2 Å². The highest BCUT2D eigenvalue weighted by atomic mass is 35.5. The van der Waals surface area contributed by atoms with Crippen molar-refractivity contribution in [3.05, 3.63) is 82.5 Å². The van der Waals surface area contributed by atoms with Crippen molar-refractivity contribution in [3.8, 4) is 0 Å². The maximum absolute atomic E-state index is 12.6. The van der Waals surface area contributed by atoms with E-state index in [0.29, 0.717) is 28.5 Å². The van der Waals surface area contributed by atoms with Gasteiger partial charge in [-0.25, -0.2) is 19.3 Å². The number of nitrogens with one attached hydrogen (secondary N) is 1. The van der Waals surface area contributed by atoms with E-state index in [-0.39, 0.29) is 6.54 Å². The zero-order chi connectivity index (χ0) is 23.6. The quantitative estimate of drug-likeness (QED) is 0.421. The van der Waals surface area contributed by atoms with Crippen LogP contribution >= 0.6 is 11.6 Å². The molecule has 0 aliphatic rings. The SMILES string of the molecule is COC(=O)n1cc(Cc2ccc(NCc3ccc(C(F)(F)F)nc3)nc2)c2cc(Cl)cnc21. The predicted octanol–water partition coefficient (Wildman–Crippen LogP) is 5.32. The third-order valence-corrected chi connectivity index (χ3v) is 5.08. The molecule has 0 atom stereocenters. The number of fused-ring (bicyclic) bond motifs is 1. The van der Waals surface area contributed by atoms with E-state index < -0.39 is 18.0 Å². The lowest BCUT2D eigenvalue weighted by Gasteiger charge is -2.08. The Morgan fingerprint density at radius 3 is 2.48 bits per heavy atom. The van der Waals surface area contributed by atoms with Crippen LogP contribution in [0.4, 0.5) is 23.8 Å². The minimum atomic E-state index is -4.46. The van der Waals surface area contributed by atoms with Gasteiger partial charge in [0.15, 0.2) is 0 Å². The summed E-state index contributed by atoms with van der Waals surface area (Å²) in [6, 6.07) is 7.67. The summed E-state index contributed by atoms with van der Waals surface area (Å²) in [5.41, 5.74) is 1.80. The predicted molar refractivity (Wildman–Crippen MR) is 116 cm³/mol. The highest BCUT2D eigenvalue weighted by Gasteiger charge is 2.31. The molecule has 0 saturated heterocycles. The first-order valence-corrected chi connectivity index (χ1v) is 10.1. The van der Waals surface area contributed by atoms with Crippen LogP contribution in [-0.2, 0) is 23.9 Å². The van der Waals surface area contributed by atoms with E-state index in [1.54, 1.807) is 24.5 Å². The molecule has 4 aromatic rings. The number of carbonyl (C=O) groups excluding carboxylic acids is 1. The lowest BCUT2D eigenvalue weighted by molar-refractivity contribution is -0.141. The minimum absolute atomic E-state index is 0.272. The molecular formula is C22H17ClF3N5O2. The Hall–Kier alpha value is -3.66. The first-order valence-electron chi connectivity index (χ1n) is 9.69. The van der Waals surface area contributed by atoms with Crippen molar-refractivity contribution in [3.63, 3.8) is 0 Å². The van der Waals surface area contributed by atoms with Crippen LogP contribution in [0.3, 0.4) is 0 Å². The fraction of sp³-hybridized carbons (Fsp3) is 0.182. The van der Waals surface area contributed by atoms with E-state index in [1.807, 2.05) is 6.07 Å². The van der Waals surface area contributed by atoms with Gasteiger partial charge in [0, 0.05) is 43.1 Å². The molecule has 7 nitrogen and oxygen atoms in total. The summed E-state index contributed by atoms with van der Waals surface area (Å²) in [6.45, 7) is 0.272. The summed E-state index contributed by atoms with van der Waals surface area (Å²) in [6.07, 6.45) is 1.42. The number of hydrogen-bond donors (Lipinski definition) is 1. The fourth-order valence-electron chi connectivity index (χ4n) is 3.27. The van der Waals surface area contributed by atoms with Crippen molar-refractivity contribution >= 4 is 34.5 Å². The van der Waals surface area contributed by atoms with Crippen LogP contribution in [0, 0.1) is 0 Å². The van der Waals surface area contributed by atoms with Crippen molar-refractivity contribution in [2.75, 3.05) is 12.4 Å². The fourth-order valence-corrected chi connectivity index (χ4v) is 3.43. The zero-order valence-electron chi connectivity index (χ0n) is 17.2. The lowest BCUT2D eigenvalue weighted by atomic mass is 10.1. The number of anilines is 1. The highest BCUT2D eigenvalue weighted by molar-refractivity contribution is 6.31. The van der Waals surface area contributed by atoms with Crippen LogP contribution in [0.2, 0.25) is 5.02 Å². The molecule has 33 heavy (non-hydrogen) atoms. The second kappa shape index (κ2) is 9.07. The topological polar surface area (TPSA) is 81.9 Å². The summed E-state index contributed by atoms with van der Waals surface area (Å²) in [5, 5.41) is 4.22. The lowest BCUT2D eigenvalue weighted by Crippen LogP contribution is -2.10. The van der Waals surface area contributed by atoms with Crippen molar-refractivity contribution in [1.29, 1.82) is 0 Å². The Morgan fingerprint density at radius 1 is 1.09 bits per heavy atom. The second-order valence-corrected chi connectivity index (χ2v) is 7.59. The van der Waals surface area contributed by atoms with Crippen LogP contribution in [0.15, 0.2) is 55.1 Å². The molecule has 170 valence electrons. The molecular weight excluding hydrogens is 459 g/mol. The standard InChI is InChI=1S/C22H17ClF3N5O2/c1-33-21(32)31-12-15(17-7-16(23)11-30-20(17)31)6-13-3-5-19(28-8-13)29-10-14-2-4-18(27-9-14)22(24,25)26/h2-5,7-9,11-12H,6,10H2,1H3,(H,28,29). The molecule has 0 radical (unpaired) electrons. The van der Waals surface area contributed by atoms with Crippen LogP contribution in [0.5, 0.6) is 0 Å². The normalized spacial score (nSPS) is 11.5. The summed E-state index contributed by atoms with van der Waals surface area (Å²) in [5.74, 6) is 0.556. The Morgan fingerprint density at radius 2 is 1.85 bits per heavy atom. The number of carbonyl (C=O) groups is 1. The Bertz CT molecular complexity index is 1290. The maximum Gasteiger partial charge on any atom is 0.433 e. The first kappa shape index (κ1) is 22.5. The second-order valence-electron chi connectivity index (χ2n) is 7.15. The van der Waals surface area contributed by atoms with Gasteiger partial charge in [-0.2, -0.15) is 13.2 Å². The van der Waals surface area contributed by atoms with Crippen molar-refractivity contribution in [2.24, 2.45) is 0 Å². The first-order chi connectivity index (χ1) is 15.7. The molecule has 4 aromatic heterocycles. The summed E-state index contributed by atoms with van der Waals surface area (Å²) in [7, 11) is 1.29. The van der Waals surface area contributed by atoms with Crippen molar-refractivity contribution < 1.29 is 22.7 Å². The van der Waals surface area contributed by atoms with Crippen molar-refractivity contribution in [1.82, 2.24) is 19.5 Å². The number of pyridine rings is 3. The average Bonchev–Trinajstić information content (AvgIpc) is 3.15. The van der Waals surface area contributed by atoms with E-state index in [0.717, 1.165) is 22.6 Å².